The molecule has 8 heteroatoms. The van der Waals surface area contributed by atoms with Crippen LogP contribution in [0.5, 0.6) is 11.5 Å². The Hall–Kier alpha value is -2.32. The smallest absolute Gasteiger partial charge is 0.414 e. The van der Waals surface area contributed by atoms with Crippen molar-refractivity contribution < 1.29 is 29.3 Å². The molecule has 2 rings (SSSR count). The number of carboxylic acids is 2. The highest BCUT2D eigenvalue weighted by Gasteiger charge is 2.15. The molecule has 1 saturated heterocycles. The van der Waals surface area contributed by atoms with Crippen LogP contribution < -0.4 is 14.8 Å². The maximum atomic E-state index is 9.10. The summed E-state index contributed by atoms with van der Waals surface area (Å²) < 4.78 is 10.6. The number of ether oxygens (including phenoxy) is 2. The van der Waals surface area contributed by atoms with Gasteiger partial charge < -0.3 is 29.9 Å². The van der Waals surface area contributed by atoms with Gasteiger partial charge in [-0.25, -0.2) is 9.59 Å². The maximum Gasteiger partial charge on any atom is 0.414 e. The number of likely N-dealkylation sites (tertiary alicyclic amines) is 1. The van der Waals surface area contributed by atoms with Crippen LogP contribution in [0.25, 0.3) is 0 Å². The normalized spacial score (nSPS) is 14.9. The zero-order valence-electron chi connectivity index (χ0n) is 15.5. The molecule has 0 amide bonds. The van der Waals surface area contributed by atoms with Crippen molar-refractivity contribution in [3.8, 4) is 11.5 Å². The van der Waals surface area contributed by atoms with Crippen molar-refractivity contribution in [1.29, 1.82) is 0 Å². The molecule has 0 saturated carbocycles. The molecule has 0 bridgehead atoms. The van der Waals surface area contributed by atoms with Gasteiger partial charge in [-0.15, -0.1) is 0 Å². The van der Waals surface area contributed by atoms with E-state index in [0.29, 0.717) is 6.04 Å². The Bertz CT molecular complexity index is 573. The molecular weight excluding hydrogens is 340 g/mol. The fraction of sp³-hybridized carbons (Fsp3) is 0.556. The highest BCUT2D eigenvalue weighted by molar-refractivity contribution is 6.27. The Labute approximate surface area is 153 Å². The Kier molecular flexibility index (Phi) is 9.46. The lowest BCUT2D eigenvalue weighted by molar-refractivity contribution is -0.159. The van der Waals surface area contributed by atoms with Gasteiger partial charge in [-0.3, -0.25) is 0 Å². The zero-order valence-corrected chi connectivity index (χ0v) is 15.5. The quantitative estimate of drug-likeness (QED) is 0.640. The van der Waals surface area contributed by atoms with Crippen molar-refractivity contribution in [2.45, 2.75) is 25.3 Å². The summed E-state index contributed by atoms with van der Waals surface area (Å²) in [5, 5.41) is 18.4. The van der Waals surface area contributed by atoms with Gasteiger partial charge in [0.2, 0.25) is 0 Å². The number of hydrogen-bond donors (Lipinski definition) is 3. The van der Waals surface area contributed by atoms with E-state index in [-0.39, 0.29) is 0 Å². The highest BCUT2D eigenvalue weighted by Crippen LogP contribution is 2.27. The average Bonchev–Trinajstić information content (AvgIpc) is 2.63. The first-order valence-electron chi connectivity index (χ1n) is 8.46. The van der Waals surface area contributed by atoms with Gasteiger partial charge in [-0.05, 0) is 63.6 Å². The van der Waals surface area contributed by atoms with Crippen molar-refractivity contribution >= 4 is 11.9 Å². The molecule has 0 radical (unpaired) electrons. The molecule has 26 heavy (non-hydrogen) atoms. The van der Waals surface area contributed by atoms with Gasteiger partial charge in [-0.1, -0.05) is 6.07 Å². The first kappa shape index (κ1) is 21.7. The summed E-state index contributed by atoms with van der Waals surface area (Å²) in [6, 6.07) is 6.82. The van der Waals surface area contributed by atoms with E-state index in [0.717, 1.165) is 24.5 Å². The zero-order chi connectivity index (χ0) is 19.5. The van der Waals surface area contributed by atoms with E-state index in [2.05, 4.69) is 29.4 Å². The Morgan fingerprint density at radius 2 is 1.69 bits per heavy atom. The van der Waals surface area contributed by atoms with Crippen LogP contribution in [0.4, 0.5) is 0 Å². The number of nitrogens with zero attached hydrogens (tertiary/aromatic N) is 1. The molecule has 0 spiro atoms. The SMILES string of the molecule is COc1ccc(CCNC2CCN(C)CC2)cc1OC.O=C(O)C(=O)O. The number of piperidine rings is 1. The van der Waals surface area contributed by atoms with Gasteiger partial charge >= 0.3 is 11.9 Å². The molecule has 3 N–H and O–H groups in total. The van der Waals surface area contributed by atoms with Crippen LogP contribution in [-0.2, 0) is 16.0 Å². The minimum atomic E-state index is -1.82. The largest absolute Gasteiger partial charge is 0.493 e. The molecule has 0 atom stereocenters. The predicted octanol–water partition coefficient (Wildman–Crippen LogP) is 1.09. The summed E-state index contributed by atoms with van der Waals surface area (Å²) in [6.07, 6.45) is 3.53. The lowest BCUT2D eigenvalue weighted by Gasteiger charge is -2.29. The van der Waals surface area contributed by atoms with E-state index >= 15 is 0 Å². The van der Waals surface area contributed by atoms with Crippen molar-refractivity contribution in [3.63, 3.8) is 0 Å². The molecule has 8 nitrogen and oxygen atoms in total. The van der Waals surface area contributed by atoms with Crippen molar-refractivity contribution in [1.82, 2.24) is 10.2 Å². The molecule has 1 fully saturated rings. The standard InChI is InChI=1S/C16H26N2O2.C2H2O4/c1-18-10-7-14(8-11-18)17-9-6-13-4-5-15(19-2)16(12-13)20-3;3-1(4)2(5)6/h4-5,12,14,17H,6-11H2,1-3H3;(H,3,4)(H,5,6). The van der Waals surface area contributed by atoms with E-state index in [4.69, 9.17) is 29.3 Å². The van der Waals surface area contributed by atoms with Gasteiger partial charge in [-0.2, -0.15) is 0 Å². The van der Waals surface area contributed by atoms with Crippen molar-refractivity contribution in [2.24, 2.45) is 0 Å². The third-order valence-corrected chi connectivity index (χ3v) is 4.20. The summed E-state index contributed by atoms with van der Waals surface area (Å²) in [6.45, 7) is 3.42. The van der Waals surface area contributed by atoms with E-state index < -0.39 is 11.9 Å². The number of methoxy groups -OCH3 is 2. The minimum Gasteiger partial charge on any atom is -0.493 e. The summed E-state index contributed by atoms with van der Waals surface area (Å²) >= 11 is 0. The number of benzene rings is 1. The second-order valence-electron chi connectivity index (χ2n) is 6.08. The summed E-state index contributed by atoms with van der Waals surface area (Å²) in [7, 11) is 5.54. The highest BCUT2D eigenvalue weighted by atomic mass is 16.5. The predicted molar refractivity (Wildman–Crippen MR) is 97.0 cm³/mol. The van der Waals surface area contributed by atoms with Crippen LogP contribution in [0.15, 0.2) is 18.2 Å². The third-order valence-electron chi connectivity index (χ3n) is 4.20. The topological polar surface area (TPSA) is 108 Å². The molecule has 0 aliphatic carbocycles. The summed E-state index contributed by atoms with van der Waals surface area (Å²) in [5.41, 5.74) is 1.28. The molecule has 0 aromatic heterocycles. The lowest BCUT2D eigenvalue weighted by atomic mass is 10.0. The first-order chi connectivity index (χ1) is 12.4. The minimum absolute atomic E-state index is 0.673. The second-order valence-corrected chi connectivity index (χ2v) is 6.08. The Morgan fingerprint density at radius 3 is 2.19 bits per heavy atom. The molecule has 1 aromatic rings. The third kappa shape index (κ3) is 7.71. The number of nitrogens with one attached hydrogen (secondary N) is 1. The number of hydrogen-bond acceptors (Lipinski definition) is 6. The van der Waals surface area contributed by atoms with Gasteiger partial charge in [0, 0.05) is 6.04 Å². The molecule has 1 heterocycles. The molecule has 146 valence electrons. The van der Waals surface area contributed by atoms with E-state index in [1.807, 2.05) is 6.07 Å². The van der Waals surface area contributed by atoms with Crippen LogP contribution in [0, 0.1) is 0 Å². The molecule has 1 aromatic carbocycles. The fourth-order valence-corrected chi connectivity index (χ4v) is 2.67. The van der Waals surface area contributed by atoms with Gasteiger partial charge in [0.25, 0.3) is 0 Å². The molecule has 1 aliphatic rings. The fourth-order valence-electron chi connectivity index (χ4n) is 2.67. The van der Waals surface area contributed by atoms with E-state index in [9.17, 15) is 0 Å². The second kappa shape index (κ2) is 11.3. The monoisotopic (exact) mass is 368 g/mol. The van der Waals surface area contributed by atoms with Gasteiger partial charge in [0.05, 0.1) is 14.2 Å². The van der Waals surface area contributed by atoms with Crippen LogP contribution >= 0.6 is 0 Å². The van der Waals surface area contributed by atoms with E-state index in [1.165, 1.54) is 31.5 Å². The number of aliphatic carboxylic acids is 2. The average molecular weight is 368 g/mol. The van der Waals surface area contributed by atoms with Crippen LogP contribution in [0.2, 0.25) is 0 Å². The molecular formula is C18H28N2O6. The number of carbonyl (C=O) groups is 2. The molecule has 1 aliphatic heterocycles. The molecule has 0 unspecified atom stereocenters. The number of carboxylic acid groups (broad SMARTS) is 2. The Balaban J connectivity index is 0.000000487. The lowest BCUT2D eigenvalue weighted by Crippen LogP contribution is -2.41. The Morgan fingerprint density at radius 1 is 1.12 bits per heavy atom. The van der Waals surface area contributed by atoms with Crippen molar-refractivity contribution in [3.05, 3.63) is 23.8 Å². The van der Waals surface area contributed by atoms with Crippen molar-refractivity contribution in [2.75, 3.05) is 40.9 Å². The first-order valence-corrected chi connectivity index (χ1v) is 8.46. The van der Waals surface area contributed by atoms with Gasteiger partial charge in [0.15, 0.2) is 11.5 Å². The van der Waals surface area contributed by atoms with Crippen LogP contribution in [0.1, 0.15) is 18.4 Å². The summed E-state index contributed by atoms with van der Waals surface area (Å²) in [4.78, 5) is 20.6. The van der Waals surface area contributed by atoms with E-state index in [1.54, 1.807) is 14.2 Å². The van der Waals surface area contributed by atoms with Crippen LogP contribution in [-0.4, -0.2) is 74.0 Å². The van der Waals surface area contributed by atoms with Gasteiger partial charge in [0.1, 0.15) is 0 Å². The number of rotatable bonds is 6. The van der Waals surface area contributed by atoms with Crippen LogP contribution in [0.3, 0.4) is 0 Å². The maximum absolute atomic E-state index is 9.10. The summed E-state index contributed by atoms with van der Waals surface area (Å²) in [5.74, 6) is -2.05.